The maximum absolute atomic E-state index is 13.4. The second-order valence-electron chi connectivity index (χ2n) is 4.25. The van der Waals surface area contributed by atoms with Gasteiger partial charge in [-0.3, -0.25) is 0 Å². The summed E-state index contributed by atoms with van der Waals surface area (Å²) in [6, 6.07) is 6.18. The van der Waals surface area contributed by atoms with Gasteiger partial charge in [-0.1, -0.05) is 12.1 Å². The maximum Gasteiger partial charge on any atom is 0.391 e. The van der Waals surface area contributed by atoms with E-state index in [0.717, 1.165) is 0 Å². The van der Waals surface area contributed by atoms with Gasteiger partial charge < -0.3 is 4.90 Å². The standard InChI is InChI=1S/C12H13F4N/c13-10-3-1-2-4-11(10)17-7-5-9(6-8-17)12(14,15)16/h1-4,9H,5-8H2. The molecular weight excluding hydrogens is 234 g/mol. The third-order valence-electron chi connectivity index (χ3n) is 3.15. The summed E-state index contributed by atoms with van der Waals surface area (Å²) in [5.41, 5.74) is 0.396. The average Bonchev–Trinajstić information content (AvgIpc) is 2.29. The summed E-state index contributed by atoms with van der Waals surface area (Å²) in [5, 5.41) is 0. The number of piperidine rings is 1. The molecule has 0 N–H and O–H groups in total. The Kier molecular flexibility index (Phi) is 3.26. The number of para-hydroxylation sites is 1. The lowest BCUT2D eigenvalue weighted by atomic mass is 9.96. The molecular formula is C12H13F4N. The van der Waals surface area contributed by atoms with E-state index in [4.69, 9.17) is 0 Å². The zero-order valence-electron chi connectivity index (χ0n) is 9.17. The van der Waals surface area contributed by atoms with E-state index < -0.39 is 12.1 Å². The number of nitrogens with zero attached hydrogens (tertiary/aromatic N) is 1. The summed E-state index contributed by atoms with van der Waals surface area (Å²) < 4.78 is 50.8. The molecule has 0 amide bonds. The number of benzene rings is 1. The zero-order valence-corrected chi connectivity index (χ0v) is 9.17. The second kappa shape index (κ2) is 4.55. The highest BCUT2D eigenvalue weighted by atomic mass is 19.4. The van der Waals surface area contributed by atoms with Crippen LogP contribution in [0.4, 0.5) is 23.2 Å². The molecule has 1 nitrogen and oxygen atoms in total. The van der Waals surface area contributed by atoms with Crippen molar-refractivity contribution in [3.63, 3.8) is 0 Å². The molecule has 0 spiro atoms. The van der Waals surface area contributed by atoms with Crippen molar-refractivity contribution >= 4 is 5.69 Å². The largest absolute Gasteiger partial charge is 0.391 e. The lowest BCUT2D eigenvalue weighted by Gasteiger charge is -2.34. The number of halogens is 4. The fourth-order valence-electron chi connectivity index (χ4n) is 2.16. The minimum atomic E-state index is -4.12. The minimum absolute atomic E-state index is 0.0395. The van der Waals surface area contributed by atoms with Crippen molar-refractivity contribution in [3.8, 4) is 0 Å². The van der Waals surface area contributed by atoms with Crippen molar-refractivity contribution in [2.24, 2.45) is 5.92 Å². The molecule has 0 saturated carbocycles. The molecule has 2 rings (SSSR count). The molecule has 1 aliphatic heterocycles. The van der Waals surface area contributed by atoms with Gasteiger partial charge in [-0.15, -0.1) is 0 Å². The molecule has 0 unspecified atom stereocenters. The van der Waals surface area contributed by atoms with Crippen LogP contribution in [0.2, 0.25) is 0 Å². The van der Waals surface area contributed by atoms with Crippen LogP contribution in [0.15, 0.2) is 24.3 Å². The quantitative estimate of drug-likeness (QED) is 0.685. The average molecular weight is 247 g/mol. The van der Waals surface area contributed by atoms with Crippen molar-refractivity contribution < 1.29 is 17.6 Å². The van der Waals surface area contributed by atoms with Crippen LogP contribution in [-0.2, 0) is 0 Å². The monoisotopic (exact) mass is 247 g/mol. The van der Waals surface area contributed by atoms with E-state index in [9.17, 15) is 17.6 Å². The number of hydrogen-bond donors (Lipinski definition) is 0. The molecule has 1 fully saturated rings. The van der Waals surface area contributed by atoms with Gasteiger partial charge in [-0.05, 0) is 25.0 Å². The van der Waals surface area contributed by atoms with Gasteiger partial charge in [0.25, 0.3) is 0 Å². The van der Waals surface area contributed by atoms with Crippen molar-refractivity contribution in [3.05, 3.63) is 30.1 Å². The Hall–Kier alpha value is -1.26. The van der Waals surface area contributed by atoms with Gasteiger partial charge >= 0.3 is 6.18 Å². The van der Waals surface area contributed by atoms with E-state index in [-0.39, 0.29) is 31.7 Å². The van der Waals surface area contributed by atoms with Crippen LogP contribution in [0.1, 0.15) is 12.8 Å². The highest BCUT2D eigenvalue weighted by molar-refractivity contribution is 5.47. The van der Waals surface area contributed by atoms with E-state index in [0.29, 0.717) is 5.69 Å². The van der Waals surface area contributed by atoms with Gasteiger partial charge in [0.1, 0.15) is 5.82 Å². The van der Waals surface area contributed by atoms with E-state index >= 15 is 0 Å². The number of rotatable bonds is 1. The van der Waals surface area contributed by atoms with Gasteiger partial charge in [0.15, 0.2) is 0 Å². The Morgan fingerprint density at radius 2 is 1.65 bits per heavy atom. The predicted octanol–water partition coefficient (Wildman–Crippen LogP) is 3.60. The first-order chi connectivity index (χ1) is 7.98. The smallest absolute Gasteiger partial charge is 0.369 e. The summed E-state index contributed by atoms with van der Waals surface area (Å²) >= 11 is 0. The minimum Gasteiger partial charge on any atom is -0.369 e. The molecule has 1 aromatic carbocycles. The first-order valence-corrected chi connectivity index (χ1v) is 5.54. The third kappa shape index (κ3) is 2.70. The second-order valence-corrected chi connectivity index (χ2v) is 4.25. The first-order valence-electron chi connectivity index (χ1n) is 5.54. The number of hydrogen-bond acceptors (Lipinski definition) is 1. The topological polar surface area (TPSA) is 3.24 Å². The van der Waals surface area contributed by atoms with Crippen molar-refractivity contribution in [2.45, 2.75) is 19.0 Å². The molecule has 0 bridgehead atoms. The van der Waals surface area contributed by atoms with E-state index in [1.807, 2.05) is 0 Å². The highest BCUT2D eigenvalue weighted by Crippen LogP contribution is 2.35. The fraction of sp³-hybridized carbons (Fsp3) is 0.500. The molecule has 0 aliphatic carbocycles. The van der Waals surface area contributed by atoms with E-state index in [1.165, 1.54) is 6.07 Å². The first kappa shape index (κ1) is 12.2. The molecule has 94 valence electrons. The van der Waals surface area contributed by atoms with Crippen LogP contribution < -0.4 is 4.90 Å². The zero-order chi connectivity index (χ0) is 12.5. The Morgan fingerprint density at radius 1 is 1.06 bits per heavy atom. The van der Waals surface area contributed by atoms with Gasteiger partial charge in [-0.25, -0.2) is 4.39 Å². The molecule has 1 heterocycles. The van der Waals surface area contributed by atoms with Crippen LogP contribution in [-0.4, -0.2) is 19.3 Å². The normalized spacial score (nSPS) is 18.5. The summed E-state index contributed by atoms with van der Waals surface area (Å²) in [7, 11) is 0. The van der Waals surface area contributed by atoms with Crippen LogP contribution in [0.3, 0.4) is 0 Å². The Labute approximate surface area is 97.0 Å². The van der Waals surface area contributed by atoms with Crippen LogP contribution in [0.5, 0.6) is 0 Å². The molecule has 17 heavy (non-hydrogen) atoms. The fourth-order valence-corrected chi connectivity index (χ4v) is 2.16. The molecule has 5 heteroatoms. The molecule has 0 radical (unpaired) electrons. The summed E-state index contributed by atoms with van der Waals surface area (Å²) in [4.78, 5) is 1.68. The summed E-state index contributed by atoms with van der Waals surface area (Å²) in [5.74, 6) is -1.62. The molecule has 0 aromatic heterocycles. The highest BCUT2D eigenvalue weighted by Gasteiger charge is 2.41. The molecule has 1 saturated heterocycles. The van der Waals surface area contributed by atoms with Gasteiger partial charge in [-0.2, -0.15) is 13.2 Å². The predicted molar refractivity (Wildman–Crippen MR) is 57.4 cm³/mol. The molecule has 1 aliphatic rings. The van der Waals surface area contributed by atoms with E-state index in [1.54, 1.807) is 23.1 Å². The van der Waals surface area contributed by atoms with Crippen molar-refractivity contribution in [1.29, 1.82) is 0 Å². The van der Waals surface area contributed by atoms with Gasteiger partial charge in [0.2, 0.25) is 0 Å². The summed E-state index contributed by atoms with van der Waals surface area (Å²) in [6.07, 6.45) is -4.04. The lowest BCUT2D eigenvalue weighted by Crippen LogP contribution is -2.39. The maximum atomic E-state index is 13.4. The van der Waals surface area contributed by atoms with Crippen molar-refractivity contribution in [2.75, 3.05) is 18.0 Å². The van der Waals surface area contributed by atoms with Gasteiger partial charge in [0.05, 0.1) is 11.6 Å². The Bertz CT molecular complexity index is 380. The Morgan fingerprint density at radius 3 is 2.18 bits per heavy atom. The van der Waals surface area contributed by atoms with Crippen LogP contribution >= 0.6 is 0 Å². The number of anilines is 1. The van der Waals surface area contributed by atoms with E-state index in [2.05, 4.69) is 0 Å². The van der Waals surface area contributed by atoms with Crippen molar-refractivity contribution in [1.82, 2.24) is 0 Å². The third-order valence-corrected chi connectivity index (χ3v) is 3.15. The molecule has 0 atom stereocenters. The van der Waals surface area contributed by atoms with Crippen LogP contribution in [0, 0.1) is 11.7 Å². The number of alkyl halides is 3. The SMILES string of the molecule is Fc1ccccc1N1CCC(C(F)(F)F)CC1. The lowest BCUT2D eigenvalue weighted by molar-refractivity contribution is -0.179. The Balaban J connectivity index is 2.03. The summed E-state index contributed by atoms with van der Waals surface area (Å²) in [6.45, 7) is 0.510. The molecule has 1 aromatic rings. The van der Waals surface area contributed by atoms with Crippen LogP contribution in [0.25, 0.3) is 0 Å². The van der Waals surface area contributed by atoms with Gasteiger partial charge in [0, 0.05) is 13.1 Å².